The van der Waals surface area contributed by atoms with Gasteiger partial charge in [0.15, 0.2) is 18.2 Å². The summed E-state index contributed by atoms with van der Waals surface area (Å²) >= 11 is 8.03. The second-order valence-corrected chi connectivity index (χ2v) is 15.2. The van der Waals surface area contributed by atoms with E-state index in [1.807, 2.05) is 50.5 Å². The number of hydrogen-bond acceptors (Lipinski definition) is 11. The zero-order valence-electron chi connectivity index (χ0n) is 30.6. The Labute approximate surface area is 322 Å². The van der Waals surface area contributed by atoms with Crippen LogP contribution in [0.25, 0.3) is 32.9 Å². The van der Waals surface area contributed by atoms with Gasteiger partial charge in [-0.25, -0.2) is 9.37 Å². The molecule has 0 spiro atoms. The summed E-state index contributed by atoms with van der Waals surface area (Å²) in [6.45, 7) is 0.200. The van der Waals surface area contributed by atoms with Gasteiger partial charge in [0.2, 0.25) is 0 Å². The number of hydrogen-bond donors (Lipinski definition) is 3. The van der Waals surface area contributed by atoms with E-state index in [2.05, 4.69) is 60.0 Å². The van der Waals surface area contributed by atoms with Crippen molar-refractivity contribution in [2.45, 2.75) is 48.5 Å². The number of likely N-dealkylation sites (N-methyl/N-ethyl adjacent to an activating group) is 1. The van der Waals surface area contributed by atoms with Crippen LogP contribution in [0.5, 0.6) is 6.01 Å². The number of nitrogens with one attached hydrogen (secondary N) is 3. The molecule has 12 nitrogen and oxygen atoms in total. The van der Waals surface area contributed by atoms with Gasteiger partial charge < -0.3 is 25.6 Å². The number of fused-ring (bicyclic) bond motifs is 2. The standard InChI is InChI=1S/C37H35ClFN9O2S.C2H7N/c1-47(2)37(16-5-17-37)20-41-35-27-18-40-32(26-8-3-6-22-7-4-9-28(38)30(22)26)31(39)33(27)44-36(45-35)50-19-29(49)43-24-12-14-25(15-13-24)51-48-21-42-34(46-48)23-10-11-23;1-3-2/h3-4,6-9,12-15,18,21,23H,5,10-11,16-17,19-20H2,1-2H3,(H,43,49)(H,41,44,45);3H,1-2H3. The summed E-state index contributed by atoms with van der Waals surface area (Å²) in [7, 11) is 7.87. The molecule has 280 valence electrons. The highest BCUT2D eigenvalue weighted by atomic mass is 35.5. The van der Waals surface area contributed by atoms with E-state index in [0.717, 1.165) is 48.2 Å². The third kappa shape index (κ3) is 8.11. The number of carbonyl (C=O) groups excluding carboxylic acids is 1. The number of anilines is 2. The number of pyridine rings is 1. The molecule has 2 aliphatic carbocycles. The highest BCUT2D eigenvalue weighted by molar-refractivity contribution is 7.97. The average Bonchev–Trinajstić information content (AvgIpc) is 3.89. The van der Waals surface area contributed by atoms with Gasteiger partial charge in [-0.3, -0.25) is 9.78 Å². The lowest BCUT2D eigenvalue weighted by Crippen LogP contribution is -2.54. The number of ether oxygens (including phenoxy) is 1. The first-order valence-electron chi connectivity index (χ1n) is 17.8. The van der Waals surface area contributed by atoms with Gasteiger partial charge in [0.25, 0.3) is 5.91 Å². The van der Waals surface area contributed by atoms with Crippen molar-refractivity contribution in [3.63, 3.8) is 0 Å². The lowest BCUT2D eigenvalue weighted by Gasteiger charge is -2.47. The topological polar surface area (TPSA) is 135 Å². The van der Waals surface area contributed by atoms with E-state index in [0.29, 0.717) is 45.3 Å². The van der Waals surface area contributed by atoms with Gasteiger partial charge in [-0.05, 0) is 96.0 Å². The lowest BCUT2D eigenvalue weighted by molar-refractivity contribution is -0.118. The largest absolute Gasteiger partial charge is 0.453 e. The minimum Gasteiger partial charge on any atom is -0.453 e. The Morgan fingerprint density at radius 2 is 1.80 bits per heavy atom. The first kappa shape index (κ1) is 37.4. The fourth-order valence-corrected chi connectivity index (χ4v) is 7.38. The summed E-state index contributed by atoms with van der Waals surface area (Å²) in [4.78, 5) is 34.1. The van der Waals surface area contributed by atoms with E-state index in [9.17, 15) is 4.79 Å². The summed E-state index contributed by atoms with van der Waals surface area (Å²) in [5.74, 6) is 0.692. The molecular weight excluding hydrogens is 727 g/mol. The van der Waals surface area contributed by atoms with E-state index in [1.165, 1.54) is 11.9 Å². The molecular formula is C39H42ClFN10O2S. The Kier molecular flexibility index (Phi) is 11.2. The molecule has 3 N–H and O–H groups in total. The molecule has 2 aliphatic rings. The van der Waals surface area contributed by atoms with Gasteiger partial charge in [0.1, 0.15) is 23.4 Å². The number of carbonyl (C=O) groups is 1. The maximum atomic E-state index is 16.6. The fourth-order valence-electron chi connectivity index (χ4n) is 6.40. The van der Waals surface area contributed by atoms with Gasteiger partial charge in [-0.15, -0.1) is 5.10 Å². The molecule has 3 aromatic carbocycles. The summed E-state index contributed by atoms with van der Waals surface area (Å²) < 4.78 is 24.1. The average molecular weight is 769 g/mol. The van der Waals surface area contributed by atoms with Crippen LogP contribution in [0.4, 0.5) is 15.9 Å². The van der Waals surface area contributed by atoms with E-state index < -0.39 is 11.7 Å². The summed E-state index contributed by atoms with van der Waals surface area (Å²) in [6.07, 6.45) is 8.77. The molecule has 0 saturated heterocycles. The normalized spacial score (nSPS) is 14.7. The van der Waals surface area contributed by atoms with Crippen molar-refractivity contribution in [2.24, 2.45) is 0 Å². The second-order valence-electron chi connectivity index (χ2n) is 13.7. The maximum absolute atomic E-state index is 16.6. The Bertz CT molecular complexity index is 2270. The summed E-state index contributed by atoms with van der Waals surface area (Å²) in [5, 5.41) is 16.0. The van der Waals surface area contributed by atoms with Crippen LogP contribution in [0.3, 0.4) is 0 Å². The number of rotatable bonds is 12. The number of halogens is 2. The molecule has 2 saturated carbocycles. The quantitative estimate of drug-likeness (QED) is 0.115. The van der Waals surface area contributed by atoms with Crippen LogP contribution in [0.2, 0.25) is 5.02 Å². The minimum absolute atomic E-state index is 0.0224. The molecule has 8 rings (SSSR count). The second kappa shape index (κ2) is 16.2. The van der Waals surface area contributed by atoms with Gasteiger partial charge in [-0.1, -0.05) is 41.9 Å². The van der Waals surface area contributed by atoms with Gasteiger partial charge in [-0.2, -0.15) is 14.1 Å². The molecule has 0 bridgehead atoms. The van der Waals surface area contributed by atoms with Crippen molar-refractivity contribution >= 4 is 62.6 Å². The van der Waals surface area contributed by atoms with Gasteiger partial charge in [0.05, 0.1) is 5.39 Å². The first-order valence-corrected chi connectivity index (χ1v) is 19.0. The molecule has 0 unspecified atom stereocenters. The van der Waals surface area contributed by atoms with Crippen LogP contribution in [0, 0.1) is 5.82 Å². The molecule has 2 fully saturated rings. The maximum Gasteiger partial charge on any atom is 0.319 e. The summed E-state index contributed by atoms with van der Waals surface area (Å²) in [6, 6.07) is 18.3. The summed E-state index contributed by atoms with van der Waals surface area (Å²) in [5.41, 5.74) is 1.22. The molecule has 1 amide bonds. The van der Waals surface area contributed by atoms with Crippen LogP contribution in [-0.4, -0.2) is 86.8 Å². The number of amides is 1. The lowest BCUT2D eigenvalue weighted by atomic mass is 9.75. The van der Waals surface area contributed by atoms with E-state index in [-0.39, 0.29) is 29.4 Å². The Hall–Kier alpha value is -4.89. The number of nitrogens with zero attached hydrogens (tertiary/aromatic N) is 7. The van der Waals surface area contributed by atoms with Crippen LogP contribution in [0.15, 0.2) is 78.1 Å². The van der Waals surface area contributed by atoms with Crippen molar-refractivity contribution in [3.8, 4) is 17.3 Å². The van der Waals surface area contributed by atoms with Crippen molar-refractivity contribution in [1.29, 1.82) is 0 Å². The van der Waals surface area contributed by atoms with Crippen LogP contribution in [-0.2, 0) is 4.79 Å². The Morgan fingerprint density at radius 3 is 2.48 bits per heavy atom. The Balaban J connectivity index is 0.00000145. The molecule has 0 atom stereocenters. The third-order valence-electron chi connectivity index (χ3n) is 9.69. The van der Waals surface area contributed by atoms with Crippen LogP contribution < -0.4 is 20.7 Å². The number of aromatic nitrogens is 6. The minimum atomic E-state index is -0.641. The SMILES string of the molecule is CN(C)C1(CNc2nc(OCC(=O)Nc3ccc(Sn4cnc(C5CC5)n4)cc3)nc3c(F)c(-c4cccc5cccc(Cl)c45)ncc23)CCC1.CNC. The third-order valence-corrected chi connectivity index (χ3v) is 10.9. The van der Waals surface area contributed by atoms with E-state index in [1.54, 1.807) is 40.9 Å². The fraction of sp³-hybridized carbons (Fsp3) is 0.333. The van der Waals surface area contributed by atoms with Crippen molar-refractivity contribution in [3.05, 3.63) is 89.9 Å². The number of benzene rings is 3. The van der Waals surface area contributed by atoms with Crippen LogP contribution >= 0.6 is 23.5 Å². The predicted molar refractivity (Wildman–Crippen MR) is 213 cm³/mol. The smallest absolute Gasteiger partial charge is 0.319 e. The monoisotopic (exact) mass is 768 g/mol. The molecule has 3 aromatic heterocycles. The molecule has 3 heterocycles. The molecule has 15 heteroatoms. The molecule has 54 heavy (non-hydrogen) atoms. The zero-order chi connectivity index (χ0) is 37.8. The van der Waals surface area contributed by atoms with Crippen molar-refractivity contribution in [2.75, 3.05) is 52.0 Å². The zero-order valence-corrected chi connectivity index (χ0v) is 32.1. The van der Waals surface area contributed by atoms with E-state index >= 15 is 4.39 Å². The van der Waals surface area contributed by atoms with E-state index in [4.69, 9.17) is 16.3 Å². The van der Waals surface area contributed by atoms with Crippen LogP contribution in [0.1, 0.15) is 43.8 Å². The molecule has 6 aromatic rings. The van der Waals surface area contributed by atoms with Crippen molar-refractivity contribution in [1.82, 2.24) is 39.3 Å². The highest BCUT2D eigenvalue weighted by Crippen LogP contribution is 2.40. The predicted octanol–water partition coefficient (Wildman–Crippen LogP) is 7.41. The highest BCUT2D eigenvalue weighted by Gasteiger charge is 2.39. The van der Waals surface area contributed by atoms with Gasteiger partial charge in [0, 0.05) is 62.7 Å². The molecule has 0 radical (unpaired) electrons. The van der Waals surface area contributed by atoms with Crippen molar-refractivity contribution < 1.29 is 13.9 Å². The van der Waals surface area contributed by atoms with Gasteiger partial charge >= 0.3 is 6.01 Å². The molecule has 0 aliphatic heterocycles. The Morgan fingerprint density at radius 1 is 1.06 bits per heavy atom. The first-order chi connectivity index (χ1) is 26.2.